The third kappa shape index (κ3) is 2.84. The molecule has 0 aliphatic rings. The molecule has 2 aromatic carbocycles. The Kier molecular flexibility index (Phi) is 4.45. The van der Waals surface area contributed by atoms with Gasteiger partial charge in [-0.05, 0) is 12.0 Å². The third-order valence-electron chi connectivity index (χ3n) is 3.14. The van der Waals surface area contributed by atoms with Gasteiger partial charge in [-0.2, -0.15) is 0 Å². The first-order valence-electron chi connectivity index (χ1n) is 6.30. The van der Waals surface area contributed by atoms with Crippen LogP contribution in [0.4, 0.5) is 27.6 Å². The van der Waals surface area contributed by atoms with Crippen molar-refractivity contribution in [3.8, 4) is 0 Å². The first-order chi connectivity index (χ1) is 9.97. The highest BCUT2D eigenvalue weighted by atomic mass is 19.2. The van der Waals surface area contributed by atoms with Crippen LogP contribution in [-0.2, 0) is 0 Å². The molecular formula is C15H12F5N. The molecule has 1 N–H and O–H groups in total. The van der Waals surface area contributed by atoms with Crippen molar-refractivity contribution in [1.29, 1.82) is 0 Å². The first kappa shape index (κ1) is 15.3. The van der Waals surface area contributed by atoms with Crippen molar-refractivity contribution in [1.82, 2.24) is 0 Å². The molecule has 2 aromatic rings. The van der Waals surface area contributed by atoms with Crippen LogP contribution in [0.5, 0.6) is 0 Å². The lowest BCUT2D eigenvalue weighted by Crippen LogP contribution is -2.15. The smallest absolute Gasteiger partial charge is 0.200 e. The molecule has 0 heterocycles. The van der Waals surface area contributed by atoms with Gasteiger partial charge in [-0.15, -0.1) is 0 Å². The molecule has 0 aliphatic carbocycles. The monoisotopic (exact) mass is 301 g/mol. The number of anilines is 1. The van der Waals surface area contributed by atoms with E-state index in [1.807, 2.05) is 0 Å². The van der Waals surface area contributed by atoms with Gasteiger partial charge in [0.15, 0.2) is 23.3 Å². The highest BCUT2D eigenvalue weighted by Crippen LogP contribution is 2.31. The van der Waals surface area contributed by atoms with E-state index in [0.717, 1.165) is 0 Å². The summed E-state index contributed by atoms with van der Waals surface area (Å²) in [5, 5.41) is 2.39. The summed E-state index contributed by atoms with van der Waals surface area (Å²) in [4.78, 5) is 0. The Balaban J connectivity index is 2.43. The Labute approximate surface area is 118 Å². The van der Waals surface area contributed by atoms with Crippen molar-refractivity contribution in [3.05, 3.63) is 65.0 Å². The largest absolute Gasteiger partial charge is 0.373 e. The van der Waals surface area contributed by atoms with Gasteiger partial charge in [-0.25, -0.2) is 22.0 Å². The Morgan fingerprint density at radius 1 is 0.810 bits per heavy atom. The van der Waals surface area contributed by atoms with Crippen molar-refractivity contribution in [2.45, 2.75) is 19.4 Å². The molecule has 0 aromatic heterocycles. The normalized spacial score (nSPS) is 12.3. The van der Waals surface area contributed by atoms with E-state index in [9.17, 15) is 22.0 Å². The Hall–Kier alpha value is -2.11. The zero-order valence-corrected chi connectivity index (χ0v) is 11.1. The second-order valence-electron chi connectivity index (χ2n) is 4.46. The second kappa shape index (κ2) is 6.11. The predicted octanol–water partition coefficient (Wildman–Crippen LogP) is 4.95. The molecule has 21 heavy (non-hydrogen) atoms. The Bertz CT molecular complexity index is 613. The van der Waals surface area contributed by atoms with E-state index in [1.165, 1.54) is 0 Å². The number of hydrogen-bond donors (Lipinski definition) is 1. The highest BCUT2D eigenvalue weighted by molar-refractivity contribution is 5.49. The SMILES string of the molecule is CCC(Nc1c(F)c(F)c(F)c(F)c1F)c1ccccc1. The number of halogens is 5. The average molecular weight is 301 g/mol. The molecule has 0 fully saturated rings. The summed E-state index contributed by atoms with van der Waals surface area (Å²) in [6, 6.07) is 8.03. The lowest BCUT2D eigenvalue weighted by atomic mass is 10.0. The van der Waals surface area contributed by atoms with Crippen LogP contribution in [0.3, 0.4) is 0 Å². The van der Waals surface area contributed by atoms with Gasteiger partial charge in [0.25, 0.3) is 0 Å². The Morgan fingerprint density at radius 3 is 1.76 bits per heavy atom. The minimum Gasteiger partial charge on any atom is -0.373 e. The van der Waals surface area contributed by atoms with Crippen LogP contribution < -0.4 is 5.32 Å². The summed E-state index contributed by atoms with van der Waals surface area (Å²) in [6.45, 7) is 1.73. The van der Waals surface area contributed by atoms with Gasteiger partial charge < -0.3 is 5.32 Å². The van der Waals surface area contributed by atoms with E-state index in [-0.39, 0.29) is 0 Å². The molecule has 1 nitrogen and oxygen atoms in total. The van der Waals surface area contributed by atoms with E-state index in [2.05, 4.69) is 5.32 Å². The molecule has 2 rings (SSSR count). The molecule has 0 amide bonds. The van der Waals surface area contributed by atoms with E-state index < -0.39 is 40.8 Å². The Morgan fingerprint density at radius 2 is 1.29 bits per heavy atom. The summed E-state index contributed by atoms with van der Waals surface area (Å²) < 4.78 is 66.6. The number of hydrogen-bond acceptors (Lipinski definition) is 1. The zero-order valence-electron chi connectivity index (χ0n) is 11.1. The maximum Gasteiger partial charge on any atom is 0.200 e. The molecular weight excluding hydrogens is 289 g/mol. The first-order valence-corrected chi connectivity index (χ1v) is 6.30. The van der Waals surface area contributed by atoms with Crippen molar-refractivity contribution in [2.24, 2.45) is 0 Å². The molecule has 1 atom stereocenters. The zero-order chi connectivity index (χ0) is 15.6. The number of benzene rings is 2. The molecule has 0 bridgehead atoms. The van der Waals surface area contributed by atoms with Gasteiger partial charge in [0, 0.05) is 0 Å². The van der Waals surface area contributed by atoms with Crippen molar-refractivity contribution >= 4 is 5.69 Å². The third-order valence-corrected chi connectivity index (χ3v) is 3.14. The standard InChI is InChI=1S/C15H12F5N/c1-2-9(8-6-4-3-5-7-8)21-15-13(19)11(17)10(16)12(18)14(15)20/h3-7,9,21H,2H2,1H3. The predicted molar refractivity (Wildman–Crippen MR) is 69.3 cm³/mol. The van der Waals surface area contributed by atoms with Crippen LogP contribution in [0.15, 0.2) is 30.3 Å². The van der Waals surface area contributed by atoms with E-state index >= 15 is 0 Å². The van der Waals surface area contributed by atoms with Gasteiger partial charge in [0.1, 0.15) is 5.69 Å². The topological polar surface area (TPSA) is 12.0 Å². The summed E-state index contributed by atoms with van der Waals surface area (Å²) in [7, 11) is 0. The van der Waals surface area contributed by atoms with Crippen molar-refractivity contribution < 1.29 is 22.0 Å². The number of rotatable bonds is 4. The molecule has 0 aliphatic heterocycles. The lowest BCUT2D eigenvalue weighted by Gasteiger charge is -2.20. The highest BCUT2D eigenvalue weighted by Gasteiger charge is 2.27. The molecule has 0 spiro atoms. The molecule has 0 radical (unpaired) electrons. The fourth-order valence-corrected chi connectivity index (χ4v) is 2.01. The van der Waals surface area contributed by atoms with Gasteiger partial charge in [-0.3, -0.25) is 0 Å². The van der Waals surface area contributed by atoms with Gasteiger partial charge in [0.2, 0.25) is 5.82 Å². The van der Waals surface area contributed by atoms with Crippen molar-refractivity contribution in [2.75, 3.05) is 5.32 Å². The van der Waals surface area contributed by atoms with E-state index in [1.54, 1.807) is 37.3 Å². The summed E-state index contributed by atoms with van der Waals surface area (Å²) >= 11 is 0. The van der Waals surface area contributed by atoms with Gasteiger partial charge in [-0.1, -0.05) is 37.3 Å². The molecule has 6 heteroatoms. The fourth-order valence-electron chi connectivity index (χ4n) is 2.01. The summed E-state index contributed by atoms with van der Waals surface area (Å²) in [6.07, 6.45) is 0.406. The van der Waals surface area contributed by atoms with E-state index in [0.29, 0.717) is 12.0 Å². The minimum atomic E-state index is -2.16. The van der Waals surface area contributed by atoms with Crippen molar-refractivity contribution in [3.63, 3.8) is 0 Å². The maximum atomic E-state index is 13.6. The average Bonchev–Trinajstić information content (AvgIpc) is 2.52. The van der Waals surface area contributed by atoms with Crippen LogP contribution in [0.1, 0.15) is 24.9 Å². The summed E-state index contributed by atoms with van der Waals surface area (Å²) in [5.41, 5.74) is -0.328. The van der Waals surface area contributed by atoms with E-state index in [4.69, 9.17) is 0 Å². The van der Waals surface area contributed by atoms with Gasteiger partial charge >= 0.3 is 0 Å². The van der Waals surface area contributed by atoms with Gasteiger partial charge in [0.05, 0.1) is 6.04 Å². The quantitative estimate of drug-likeness (QED) is 0.479. The fraction of sp³-hybridized carbons (Fsp3) is 0.200. The van der Waals surface area contributed by atoms with Crippen LogP contribution >= 0.6 is 0 Å². The molecule has 1 unspecified atom stereocenters. The van der Waals surface area contributed by atoms with Crippen LogP contribution in [0.25, 0.3) is 0 Å². The van der Waals surface area contributed by atoms with Crippen LogP contribution in [0, 0.1) is 29.1 Å². The van der Waals surface area contributed by atoms with Crippen LogP contribution in [-0.4, -0.2) is 0 Å². The molecule has 112 valence electrons. The summed E-state index contributed by atoms with van der Waals surface area (Å²) in [5.74, 6) is -9.80. The maximum absolute atomic E-state index is 13.6. The lowest BCUT2D eigenvalue weighted by molar-refractivity contribution is 0.380. The number of nitrogens with one attached hydrogen (secondary N) is 1. The van der Waals surface area contributed by atoms with Crippen LogP contribution in [0.2, 0.25) is 0 Å². The minimum absolute atomic E-state index is 0.406. The molecule has 0 saturated heterocycles. The second-order valence-corrected chi connectivity index (χ2v) is 4.46. The molecule has 0 saturated carbocycles.